The highest BCUT2D eigenvalue weighted by atomic mass is 16.2. The SMILES string of the molecule is CCC1C(=O)N(C)c2cnc(-c3ccncc3NC(C)=O)nc2N1C(C)C. The Bertz CT molecular complexity index is 882. The number of fused-ring (bicyclic) bond motifs is 1. The van der Waals surface area contributed by atoms with Gasteiger partial charge in [0.2, 0.25) is 11.8 Å². The molecule has 0 aromatic carbocycles. The molecule has 0 fully saturated rings. The first-order chi connectivity index (χ1) is 12.8. The van der Waals surface area contributed by atoms with Crippen LogP contribution in [0.15, 0.2) is 24.7 Å². The lowest BCUT2D eigenvalue weighted by Gasteiger charge is -2.42. The summed E-state index contributed by atoms with van der Waals surface area (Å²) < 4.78 is 0. The number of hydrogen-bond donors (Lipinski definition) is 1. The first-order valence-corrected chi connectivity index (χ1v) is 9.00. The van der Waals surface area contributed by atoms with E-state index in [4.69, 9.17) is 4.98 Å². The molecule has 0 saturated carbocycles. The molecule has 2 aromatic rings. The van der Waals surface area contributed by atoms with Crippen LogP contribution in [0.5, 0.6) is 0 Å². The highest BCUT2D eigenvalue weighted by Crippen LogP contribution is 2.37. The van der Waals surface area contributed by atoms with Crippen LogP contribution in [0, 0.1) is 0 Å². The van der Waals surface area contributed by atoms with E-state index in [-0.39, 0.29) is 23.9 Å². The molecule has 0 bridgehead atoms. The van der Waals surface area contributed by atoms with Crippen molar-refractivity contribution in [1.82, 2.24) is 15.0 Å². The average Bonchev–Trinajstić information content (AvgIpc) is 2.63. The summed E-state index contributed by atoms with van der Waals surface area (Å²) in [5, 5.41) is 2.76. The van der Waals surface area contributed by atoms with Crippen LogP contribution in [-0.4, -0.2) is 45.9 Å². The topological polar surface area (TPSA) is 91.3 Å². The molecular weight excluding hydrogens is 344 g/mol. The van der Waals surface area contributed by atoms with Crippen molar-refractivity contribution in [3.8, 4) is 11.4 Å². The summed E-state index contributed by atoms with van der Waals surface area (Å²) in [6, 6.07) is 1.60. The molecule has 1 atom stereocenters. The summed E-state index contributed by atoms with van der Waals surface area (Å²) >= 11 is 0. The Labute approximate surface area is 158 Å². The number of pyridine rings is 1. The zero-order chi connectivity index (χ0) is 19.7. The van der Waals surface area contributed by atoms with E-state index in [1.165, 1.54) is 6.92 Å². The van der Waals surface area contributed by atoms with Gasteiger partial charge in [-0.15, -0.1) is 0 Å². The molecule has 8 heteroatoms. The summed E-state index contributed by atoms with van der Waals surface area (Å²) in [4.78, 5) is 41.2. The number of aromatic nitrogens is 3. The molecule has 2 amide bonds. The van der Waals surface area contributed by atoms with Crippen molar-refractivity contribution in [3.05, 3.63) is 24.7 Å². The van der Waals surface area contributed by atoms with E-state index < -0.39 is 0 Å². The fourth-order valence-corrected chi connectivity index (χ4v) is 3.39. The molecule has 0 spiro atoms. The van der Waals surface area contributed by atoms with Crippen molar-refractivity contribution in [2.24, 2.45) is 0 Å². The van der Waals surface area contributed by atoms with Gasteiger partial charge in [-0.3, -0.25) is 14.6 Å². The van der Waals surface area contributed by atoms with Gasteiger partial charge < -0.3 is 15.1 Å². The molecule has 3 rings (SSSR count). The van der Waals surface area contributed by atoms with Crippen LogP contribution in [0.4, 0.5) is 17.2 Å². The summed E-state index contributed by atoms with van der Waals surface area (Å²) in [6.07, 6.45) is 5.56. The van der Waals surface area contributed by atoms with Gasteiger partial charge in [0.25, 0.3) is 0 Å². The van der Waals surface area contributed by atoms with Crippen LogP contribution < -0.4 is 15.1 Å². The number of nitrogens with zero attached hydrogens (tertiary/aromatic N) is 5. The molecule has 8 nitrogen and oxygen atoms in total. The molecule has 0 radical (unpaired) electrons. The maximum absolute atomic E-state index is 12.7. The predicted octanol–water partition coefficient (Wildman–Crippen LogP) is 2.47. The predicted molar refractivity (Wildman–Crippen MR) is 105 cm³/mol. The summed E-state index contributed by atoms with van der Waals surface area (Å²) in [7, 11) is 1.75. The lowest BCUT2D eigenvalue weighted by molar-refractivity contribution is -0.120. The lowest BCUT2D eigenvalue weighted by Crippen LogP contribution is -2.54. The number of hydrogen-bond acceptors (Lipinski definition) is 6. The smallest absolute Gasteiger partial charge is 0.249 e. The van der Waals surface area contributed by atoms with Crippen LogP contribution in [-0.2, 0) is 9.59 Å². The molecule has 1 unspecified atom stereocenters. The third-order valence-corrected chi connectivity index (χ3v) is 4.62. The molecule has 2 aromatic heterocycles. The van der Waals surface area contributed by atoms with Crippen LogP contribution in [0.3, 0.4) is 0 Å². The third kappa shape index (κ3) is 3.34. The van der Waals surface area contributed by atoms with Crippen LogP contribution in [0.25, 0.3) is 11.4 Å². The fourth-order valence-electron chi connectivity index (χ4n) is 3.39. The van der Waals surface area contributed by atoms with Crippen molar-refractivity contribution in [2.45, 2.75) is 46.2 Å². The van der Waals surface area contributed by atoms with E-state index in [9.17, 15) is 9.59 Å². The minimum atomic E-state index is -0.266. The van der Waals surface area contributed by atoms with E-state index in [1.807, 2.05) is 25.7 Å². The van der Waals surface area contributed by atoms with E-state index in [0.717, 1.165) is 5.82 Å². The van der Waals surface area contributed by atoms with Crippen molar-refractivity contribution in [2.75, 3.05) is 22.2 Å². The highest BCUT2D eigenvalue weighted by molar-refractivity contribution is 6.04. The molecule has 3 heterocycles. The van der Waals surface area contributed by atoms with Gasteiger partial charge >= 0.3 is 0 Å². The number of rotatable bonds is 4. The minimum Gasteiger partial charge on any atom is -0.340 e. The standard InChI is InChI=1S/C19H24N6O2/c1-6-15-19(27)24(5)16-10-21-17(23-18(16)25(15)11(2)3)13-7-8-20-9-14(13)22-12(4)26/h7-11,15H,6H2,1-5H3,(H,22,26). The Balaban J connectivity index is 2.15. The summed E-state index contributed by atoms with van der Waals surface area (Å²) in [5.74, 6) is 1.04. The second-order valence-electron chi connectivity index (χ2n) is 6.83. The Morgan fingerprint density at radius 1 is 1.33 bits per heavy atom. The molecule has 1 N–H and O–H groups in total. The second kappa shape index (κ2) is 7.30. The van der Waals surface area contributed by atoms with Gasteiger partial charge in [0.15, 0.2) is 11.6 Å². The minimum absolute atomic E-state index is 0.0397. The van der Waals surface area contributed by atoms with Crippen molar-refractivity contribution in [1.29, 1.82) is 0 Å². The second-order valence-corrected chi connectivity index (χ2v) is 6.83. The summed E-state index contributed by atoms with van der Waals surface area (Å²) in [5.41, 5.74) is 1.91. The zero-order valence-electron chi connectivity index (χ0n) is 16.2. The monoisotopic (exact) mass is 368 g/mol. The first kappa shape index (κ1) is 18.8. The van der Waals surface area contributed by atoms with E-state index in [0.29, 0.717) is 29.2 Å². The molecule has 1 aliphatic heterocycles. The van der Waals surface area contributed by atoms with E-state index >= 15 is 0 Å². The summed E-state index contributed by atoms with van der Waals surface area (Å²) in [6.45, 7) is 7.53. The maximum Gasteiger partial charge on any atom is 0.249 e. The first-order valence-electron chi connectivity index (χ1n) is 9.00. The number of anilines is 3. The van der Waals surface area contributed by atoms with Crippen molar-refractivity contribution in [3.63, 3.8) is 0 Å². The Hall–Kier alpha value is -3.03. The molecule has 27 heavy (non-hydrogen) atoms. The van der Waals surface area contributed by atoms with Gasteiger partial charge in [-0.2, -0.15) is 0 Å². The van der Waals surface area contributed by atoms with Gasteiger partial charge in [-0.25, -0.2) is 9.97 Å². The van der Waals surface area contributed by atoms with Crippen LogP contribution in [0.1, 0.15) is 34.1 Å². The number of likely N-dealkylation sites (N-methyl/N-ethyl adjacent to an activating group) is 1. The maximum atomic E-state index is 12.7. The van der Waals surface area contributed by atoms with Gasteiger partial charge in [0, 0.05) is 31.8 Å². The Morgan fingerprint density at radius 3 is 2.70 bits per heavy atom. The van der Waals surface area contributed by atoms with Crippen molar-refractivity contribution < 1.29 is 9.59 Å². The molecular formula is C19H24N6O2. The normalized spacial score (nSPS) is 16.5. The molecule has 0 aliphatic carbocycles. The highest BCUT2D eigenvalue weighted by Gasteiger charge is 2.38. The van der Waals surface area contributed by atoms with Gasteiger partial charge in [-0.1, -0.05) is 6.92 Å². The third-order valence-electron chi connectivity index (χ3n) is 4.62. The lowest BCUT2D eigenvalue weighted by atomic mass is 10.1. The van der Waals surface area contributed by atoms with Gasteiger partial charge in [0.05, 0.1) is 18.1 Å². The quantitative estimate of drug-likeness (QED) is 0.891. The number of carbonyl (C=O) groups excluding carboxylic acids is 2. The molecule has 0 saturated heterocycles. The van der Waals surface area contributed by atoms with E-state index in [1.54, 1.807) is 36.6 Å². The zero-order valence-corrected chi connectivity index (χ0v) is 16.2. The van der Waals surface area contributed by atoms with Crippen LogP contribution in [0.2, 0.25) is 0 Å². The number of amides is 2. The molecule has 142 valence electrons. The Kier molecular flexibility index (Phi) is 5.07. The van der Waals surface area contributed by atoms with Gasteiger partial charge in [0.1, 0.15) is 11.7 Å². The number of carbonyl (C=O) groups is 2. The number of nitrogens with one attached hydrogen (secondary N) is 1. The fraction of sp³-hybridized carbons (Fsp3) is 0.421. The Morgan fingerprint density at radius 2 is 2.07 bits per heavy atom. The van der Waals surface area contributed by atoms with E-state index in [2.05, 4.69) is 15.3 Å². The largest absolute Gasteiger partial charge is 0.340 e. The van der Waals surface area contributed by atoms with Crippen LogP contribution >= 0.6 is 0 Å². The van der Waals surface area contributed by atoms with Gasteiger partial charge in [-0.05, 0) is 26.3 Å². The molecule has 1 aliphatic rings. The average molecular weight is 368 g/mol. The van der Waals surface area contributed by atoms with Crippen molar-refractivity contribution >= 4 is 29.0 Å².